The van der Waals surface area contributed by atoms with Crippen LogP contribution in [0.3, 0.4) is 0 Å². The minimum absolute atomic E-state index is 0.0823. The van der Waals surface area contributed by atoms with Crippen molar-refractivity contribution >= 4 is 35.2 Å². The maximum Gasteiger partial charge on any atom is 0.407 e. The number of carbonyl (C=O) groups excluding carboxylic acids is 3. The first-order valence-electron chi connectivity index (χ1n) is 11.1. The van der Waals surface area contributed by atoms with Gasteiger partial charge >= 0.3 is 6.09 Å². The highest BCUT2D eigenvalue weighted by molar-refractivity contribution is 6.31. The van der Waals surface area contributed by atoms with Gasteiger partial charge in [0.05, 0.1) is 25.3 Å². The fourth-order valence-electron chi connectivity index (χ4n) is 3.54. The molecule has 0 bridgehead atoms. The molecule has 10 heteroatoms. The number of ether oxygens (including phenoxy) is 2. The molecular weight excluding hydrogens is 448 g/mol. The first-order valence-corrected chi connectivity index (χ1v) is 11.5. The van der Waals surface area contributed by atoms with Gasteiger partial charge in [0, 0.05) is 30.7 Å². The molecule has 1 aromatic carbocycles. The van der Waals surface area contributed by atoms with Crippen molar-refractivity contribution < 1.29 is 23.9 Å². The van der Waals surface area contributed by atoms with Gasteiger partial charge in [0.1, 0.15) is 11.4 Å². The minimum atomic E-state index is -0.567. The summed E-state index contributed by atoms with van der Waals surface area (Å²) in [7, 11) is 1.52. The third kappa shape index (κ3) is 9.09. The Balaban J connectivity index is 1.78. The Morgan fingerprint density at radius 1 is 1.18 bits per heavy atom. The maximum atomic E-state index is 12.6. The van der Waals surface area contributed by atoms with Crippen molar-refractivity contribution in [2.24, 2.45) is 5.92 Å². The number of likely N-dealkylation sites (tertiary alicyclic amines) is 1. The van der Waals surface area contributed by atoms with Crippen LogP contribution in [0.15, 0.2) is 12.1 Å². The predicted molar refractivity (Wildman–Crippen MR) is 128 cm³/mol. The van der Waals surface area contributed by atoms with Gasteiger partial charge in [-0.25, -0.2) is 4.79 Å². The number of nitrogens with zero attached hydrogens (tertiary/aromatic N) is 1. The number of benzene rings is 1. The van der Waals surface area contributed by atoms with Gasteiger partial charge < -0.3 is 25.4 Å². The van der Waals surface area contributed by atoms with Crippen LogP contribution < -0.4 is 20.7 Å². The number of halogens is 1. The largest absolute Gasteiger partial charge is 0.495 e. The van der Waals surface area contributed by atoms with E-state index in [9.17, 15) is 14.4 Å². The summed E-state index contributed by atoms with van der Waals surface area (Å²) in [5.41, 5.74) is 0.833. The summed E-state index contributed by atoms with van der Waals surface area (Å²) >= 11 is 6.12. The third-order valence-corrected chi connectivity index (χ3v) is 5.50. The first kappa shape index (κ1) is 26.7. The smallest absolute Gasteiger partial charge is 0.407 e. The number of hydrogen-bond acceptors (Lipinski definition) is 6. The fourth-order valence-corrected chi connectivity index (χ4v) is 3.70. The molecule has 9 nitrogen and oxygen atoms in total. The number of hydrogen-bond donors (Lipinski definition) is 3. The molecule has 3 N–H and O–H groups in total. The van der Waals surface area contributed by atoms with Gasteiger partial charge in [0.25, 0.3) is 0 Å². The Labute approximate surface area is 200 Å². The zero-order valence-electron chi connectivity index (χ0n) is 20.0. The molecule has 0 aliphatic carbocycles. The molecule has 1 heterocycles. The molecule has 2 rings (SSSR count). The number of aryl methyl sites for hydroxylation is 1. The first-order chi connectivity index (χ1) is 15.5. The van der Waals surface area contributed by atoms with E-state index in [0.717, 1.165) is 24.9 Å². The molecule has 0 radical (unpaired) electrons. The van der Waals surface area contributed by atoms with E-state index in [0.29, 0.717) is 29.5 Å². The molecule has 1 atom stereocenters. The molecule has 1 unspecified atom stereocenters. The van der Waals surface area contributed by atoms with Gasteiger partial charge in [0.2, 0.25) is 11.8 Å². The number of anilines is 1. The zero-order valence-corrected chi connectivity index (χ0v) is 20.8. The average Bonchev–Trinajstić information content (AvgIpc) is 2.72. The SMILES string of the molecule is COc1cc(Cl)c(C)cc1NC(=O)CN1CCCC(C(=O)NCCNC(=O)OC(C)(C)C)C1. The summed E-state index contributed by atoms with van der Waals surface area (Å²) in [6, 6.07) is 3.45. The van der Waals surface area contributed by atoms with Crippen LogP contribution in [-0.4, -0.2) is 68.2 Å². The van der Waals surface area contributed by atoms with Crippen LogP contribution in [0.25, 0.3) is 0 Å². The van der Waals surface area contributed by atoms with Crippen molar-refractivity contribution in [3.8, 4) is 5.75 Å². The second kappa shape index (κ2) is 12.1. The lowest BCUT2D eigenvalue weighted by Crippen LogP contribution is -2.46. The quantitative estimate of drug-likeness (QED) is 0.491. The van der Waals surface area contributed by atoms with Gasteiger partial charge in [-0.3, -0.25) is 14.5 Å². The zero-order chi connectivity index (χ0) is 24.6. The Hall–Kier alpha value is -2.52. The van der Waals surface area contributed by atoms with Crippen LogP contribution in [0.4, 0.5) is 10.5 Å². The molecule has 1 aromatic rings. The van der Waals surface area contributed by atoms with Crippen molar-refractivity contribution in [3.63, 3.8) is 0 Å². The lowest BCUT2D eigenvalue weighted by Gasteiger charge is -2.31. The highest BCUT2D eigenvalue weighted by Crippen LogP contribution is 2.31. The predicted octanol–water partition coefficient (Wildman–Crippen LogP) is 2.95. The maximum absolute atomic E-state index is 12.6. The van der Waals surface area contributed by atoms with Crippen LogP contribution in [0.5, 0.6) is 5.75 Å². The van der Waals surface area contributed by atoms with Crippen LogP contribution in [0, 0.1) is 12.8 Å². The summed E-state index contributed by atoms with van der Waals surface area (Å²) in [6.07, 6.45) is 1.07. The molecule has 1 aliphatic rings. The van der Waals surface area contributed by atoms with Gasteiger partial charge in [-0.2, -0.15) is 0 Å². The van der Waals surface area contributed by atoms with E-state index in [1.807, 2.05) is 11.8 Å². The number of amides is 3. The Morgan fingerprint density at radius 2 is 1.88 bits per heavy atom. The van der Waals surface area contributed by atoms with E-state index in [2.05, 4.69) is 16.0 Å². The second-order valence-corrected chi connectivity index (χ2v) is 9.55. The van der Waals surface area contributed by atoms with E-state index in [1.54, 1.807) is 32.9 Å². The van der Waals surface area contributed by atoms with Crippen LogP contribution in [0.2, 0.25) is 5.02 Å². The summed E-state index contributed by atoms with van der Waals surface area (Å²) in [5.74, 6) is 0.0222. The van der Waals surface area contributed by atoms with Crippen molar-refractivity contribution in [1.29, 1.82) is 0 Å². The molecule has 0 spiro atoms. The Morgan fingerprint density at radius 3 is 2.55 bits per heavy atom. The number of alkyl carbamates (subject to hydrolysis) is 1. The summed E-state index contributed by atoms with van der Waals surface area (Å²) in [6.45, 7) is 9.22. The van der Waals surface area contributed by atoms with Crippen LogP contribution in [-0.2, 0) is 14.3 Å². The summed E-state index contributed by atoms with van der Waals surface area (Å²) in [4.78, 5) is 38.8. The van der Waals surface area contributed by atoms with Gasteiger partial charge in [-0.1, -0.05) is 11.6 Å². The Bertz CT molecular complexity index is 856. The standard InChI is InChI=1S/C23H35ClN4O5/c1-15-11-18(19(32-5)12-17(15)24)27-20(29)14-28-10-6-7-16(13-28)21(30)25-8-9-26-22(31)33-23(2,3)4/h11-12,16H,6-10,13-14H2,1-5H3,(H,25,30)(H,26,31)(H,27,29). The number of nitrogens with one attached hydrogen (secondary N) is 3. The molecule has 1 saturated heterocycles. The number of piperidine rings is 1. The fraction of sp³-hybridized carbons (Fsp3) is 0.609. The molecule has 3 amide bonds. The van der Waals surface area contributed by atoms with Gasteiger partial charge in [0.15, 0.2) is 0 Å². The van der Waals surface area contributed by atoms with Crippen molar-refractivity contribution in [2.75, 3.05) is 45.2 Å². The second-order valence-electron chi connectivity index (χ2n) is 9.14. The third-order valence-electron chi connectivity index (χ3n) is 5.09. The lowest BCUT2D eigenvalue weighted by molar-refractivity contribution is -0.127. The molecule has 0 saturated carbocycles. The molecular formula is C23H35ClN4O5. The molecule has 0 aromatic heterocycles. The lowest BCUT2D eigenvalue weighted by atomic mass is 9.97. The van der Waals surface area contributed by atoms with Crippen molar-refractivity contribution in [3.05, 3.63) is 22.7 Å². The van der Waals surface area contributed by atoms with Crippen molar-refractivity contribution in [1.82, 2.24) is 15.5 Å². The van der Waals surface area contributed by atoms with E-state index in [4.69, 9.17) is 21.1 Å². The van der Waals surface area contributed by atoms with Crippen LogP contribution in [0.1, 0.15) is 39.2 Å². The van der Waals surface area contributed by atoms with Crippen LogP contribution >= 0.6 is 11.6 Å². The van der Waals surface area contributed by atoms with E-state index >= 15 is 0 Å². The number of methoxy groups -OCH3 is 1. The number of rotatable bonds is 8. The molecule has 33 heavy (non-hydrogen) atoms. The average molecular weight is 483 g/mol. The Kier molecular flexibility index (Phi) is 9.79. The normalized spacial score (nSPS) is 16.6. The molecule has 184 valence electrons. The summed E-state index contributed by atoms with van der Waals surface area (Å²) in [5, 5.41) is 8.90. The van der Waals surface area contributed by atoms with E-state index in [-0.39, 0.29) is 30.8 Å². The molecule has 1 fully saturated rings. The van der Waals surface area contributed by atoms with E-state index in [1.165, 1.54) is 7.11 Å². The number of carbonyl (C=O) groups is 3. The van der Waals surface area contributed by atoms with E-state index < -0.39 is 11.7 Å². The van der Waals surface area contributed by atoms with Gasteiger partial charge in [-0.15, -0.1) is 0 Å². The summed E-state index contributed by atoms with van der Waals surface area (Å²) < 4.78 is 10.5. The monoisotopic (exact) mass is 482 g/mol. The molecule has 1 aliphatic heterocycles. The minimum Gasteiger partial charge on any atom is -0.495 e. The highest BCUT2D eigenvalue weighted by atomic mass is 35.5. The van der Waals surface area contributed by atoms with Crippen molar-refractivity contribution in [2.45, 2.75) is 46.1 Å². The van der Waals surface area contributed by atoms with Gasteiger partial charge in [-0.05, 0) is 58.7 Å². The highest BCUT2D eigenvalue weighted by Gasteiger charge is 2.27. The topological polar surface area (TPSA) is 109 Å².